The average molecular weight is 414 g/mol. The standard InChI is InChI=1S/C23H28ClN3O2/c1-3-25(4-2)21(18-8-6-5-7-9-18)23(29)27-16-14-26(15-17-27)22(28)19-10-12-20(24)13-11-19/h5-13,21H,3-4,14-17H2,1-2H3. The summed E-state index contributed by atoms with van der Waals surface area (Å²) in [6, 6.07) is 16.6. The molecule has 1 aliphatic rings. The number of hydrogen-bond donors (Lipinski definition) is 0. The van der Waals surface area contributed by atoms with Gasteiger partial charge in [0.15, 0.2) is 0 Å². The molecule has 1 fully saturated rings. The Bertz CT molecular complexity index is 814. The fraction of sp³-hybridized carbons (Fsp3) is 0.391. The van der Waals surface area contributed by atoms with Crippen molar-refractivity contribution in [1.82, 2.24) is 14.7 Å². The van der Waals surface area contributed by atoms with Crippen molar-refractivity contribution in [2.45, 2.75) is 19.9 Å². The van der Waals surface area contributed by atoms with Gasteiger partial charge in [-0.15, -0.1) is 0 Å². The summed E-state index contributed by atoms with van der Waals surface area (Å²) in [4.78, 5) is 32.0. The van der Waals surface area contributed by atoms with Crippen LogP contribution in [0.4, 0.5) is 0 Å². The van der Waals surface area contributed by atoms with Gasteiger partial charge in [-0.05, 0) is 42.9 Å². The third-order valence-electron chi connectivity index (χ3n) is 5.50. The summed E-state index contributed by atoms with van der Waals surface area (Å²) < 4.78 is 0. The number of nitrogens with zero attached hydrogens (tertiary/aromatic N) is 3. The zero-order chi connectivity index (χ0) is 20.8. The molecule has 6 heteroatoms. The second-order valence-electron chi connectivity index (χ2n) is 7.16. The number of halogens is 1. The highest BCUT2D eigenvalue weighted by Gasteiger charge is 2.32. The van der Waals surface area contributed by atoms with Crippen LogP contribution < -0.4 is 0 Å². The molecular weight excluding hydrogens is 386 g/mol. The first kappa shape index (κ1) is 21.3. The first-order valence-electron chi connectivity index (χ1n) is 10.2. The van der Waals surface area contributed by atoms with Gasteiger partial charge in [0.25, 0.3) is 5.91 Å². The summed E-state index contributed by atoms with van der Waals surface area (Å²) >= 11 is 5.91. The van der Waals surface area contributed by atoms with Crippen molar-refractivity contribution in [3.05, 3.63) is 70.7 Å². The van der Waals surface area contributed by atoms with E-state index < -0.39 is 0 Å². The number of piperazine rings is 1. The summed E-state index contributed by atoms with van der Waals surface area (Å²) in [5.41, 5.74) is 1.64. The van der Waals surface area contributed by atoms with Crippen molar-refractivity contribution in [3.63, 3.8) is 0 Å². The largest absolute Gasteiger partial charge is 0.337 e. The van der Waals surface area contributed by atoms with E-state index in [1.807, 2.05) is 40.1 Å². The van der Waals surface area contributed by atoms with Gasteiger partial charge in [0.1, 0.15) is 6.04 Å². The molecule has 1 aliphatic heterocycles. The second kappa shape index (κ2) is 9.90. The number of benzene rings is 2. The first-order valence-corrected chi connectivity index (χ1v) is 10.6. The van der Waals surface area contributed by atoms with Crippen LogP contribution in [0.5, 0.6) is 0 Å². The molecular formula is C23H28ClN3O2. The molecule has 0 radical (unpaired) electrons. The van der Waals surface area contributed by atoms with Gasteiger partial charge in [0.05, 0.1) is 0 Å². The quantitative estimate of drug-likeness (QED) is 0.725. The second-order valence-corrected chi connectivity index (χ2v) is 7.60. The van der Waals surface area contributed by atoms with Crippen molar-refractivity contribution >= 4 is 23.4 Å². The highest BCUT2D eigenvalue weighted by Crippen LogP contribution is 2.24. The summed E-state index contributed by atoms with van der Waals surface area (Å²) in [7, 11) is 0. The number of carbonyl (C=O) groups excluding carboxylic acids is 2. The van der Waals surface area contributed by atoms with Crippen molar-refractivity contribution < 1.29 is 9.59 Å². The van der Waals surface area contributed by atoms with Crippen LogP contribution in [-0.4, -0.2) is 65.8 Å². The Kier molecular flexibility index (Phi) is 7.29. The SMILES string of the molecule is CCN(CC)C(C(=O)N1CCN(C(=O)c2ccc(Cl)cc2)CC1)c1ccccc1. The van der Waals surface area contributed by atoms with Crippen molar-refractivity contribution in [1.29, 1.82) is 0 Å². The first-order chi connectivity index (χ1) is 14.0. The predicted molar refractivity (Wildman–Crippen MR) is 116 cm³/mol. The maximum atomic E-state index is 13.4. The molecule has 0 bridgehead atoms. The van der Waals surface area contributed by atoms with Gasteiger partial charge >= 0.3 is 0 Å². The maximum Gasteiger partial charge on any atom is 0.253 e. The highest BCUT2D eigenvalue weighted by molar-refractivity contribution is 6.30. The summed E-state index contributed by atoms with van der Waals surface area (Å²) in [5, 5.41) is 0.611. The molecule has 0 saturated carbocycles. The van der Waals surface area contributed by atoms with Crippen molar-refractivity contribution in [3.8, 4) is 0 Å². The third kappa shape index (κ3) is 4.98. The van der Waals surface area contributed by atoms with Crippen molar-refractivity contribution in [2.24, 2.45) is 0 Å². The van der Waals surface area contributed by atoms with Crippen LogP contribution in [0.2, 0.25) is 5.02 Å². The highest BCUT2D eigenvalue weighted by atomic mass is 35.5. The number of amides is 2. The van der Waals surface area contributed by atoms with Gasteiger partial charge in [0.2, 0.25) is 5.91 Å². The predicted octanol–water partition coefficient (Wildman–Crippen LogP) is 3.71. The zero-order valence-corrected chi connectivity index (χ0v) is 17.8. The van der Waals surface area contributed by atoms with E-state index in [2.05, 4.69) is 18.7 Å². The lowest BCUT2D eigenvalue weighted by atomic mass is 10.0. The molecule has 1 heterocycles. The molecule has 0 aliphatic carbocycles. The molecule has 1 saturated heterocycles. The molecule has 2 aromatic rings. The van der Waals surface area contributed by atoms with Gasteiger partial charge < -0.3 is 9.80 Å². The molecule has 3 rings (SSSR count). The van der Waals surface area contributed by atoms with E-state index >= 15 is 0 Å². The monoisotopic (exact) mass is 413 g/mol. The Morgan fingerprint density at radius 2 is 1.45 bits per heavy atom. The van der Waals surface area contributed by atoms with Gasteiger partial charge in [0, 0.05) is 36.8 Å². The summed E-state index contributed by atoms with van der Waals surface area (Å²) in [6.45, 7) is 7.92. The smallest absolute Gasteiger partial charge is 0.253 e. The molecule has 0 aromatic heterocycles. The fourth-order valence-corrected chi connectivity index (χ4v) is 3.94. The van der Waals surface area contributed by atoms with E-state index in [4.69, 9.17) is 11.6 Å². The third-order valence-corrected chi connectivity index (χ3v) is 5.75. The lowest BCUT2D eigenvalue weighted by Gasteiger charge is -2.39. The van der Waals surface area contributed by atoms with Crippen LogP contribution in [0.3, 0.4) is 0 Å². The molecule has 2 amide bonds. The molecule has 0 spiro atoms. The Hall–Kier alpha value is -2.37. The fourth-order valence-electron chi connectivity index (χ4n) is 3.81. The number of rotatable bonds is 6. The number of carbonyl (C=O) groups is 2. The van der Waals surface area contributed by atoms with Crippen molar-refractivity contribution in [2.75, 3.05) is 39.3 Å². The van der Waals surface area contributed by atoms with E-state index in [1.54, 1.807) is 24.3 Å². The van der Waals surface area contributed by atoms with E-state index in [0.29, 0.717) is 36.8 Å². The van der Waals surface area contributed by atoms with Crippen LogP contribution in [0, 0.1) is 0 Å². The lowest BCUT2D eigenvalue weighted by molar-refractivity contribution is -0.138. The van der Waals surface area contributed by atoms with Crippen LogP contribution >= 0.6 is 11.6 Å². The minimum absolute atomic E-state index is 0.0166. The Morgan fingerprint density at radius 1 is 0.897 bits per heavy atom. The molecule has 2 aromatic carbocycles. The average Bonchev–Trinajstić information content (AvgIpc) is 2.77. The van der Waals surface area contributed by atoms with Gasteiger partial charge in [-0.3, -0.25) is 14.5 Å². The van der Waals surface area contributed by atoms with Gasteiger partial charge in [-0.25, -0.2) is 0 Å². The molecule has 1 atom stereocenters. The van der Waals surface area contributed by atoms with E-state index in [9.17, 15) is 9.59 Å². The van der Waals surface area contributed by atoms with E-state index in [1.165, 1.54) is 0 Å². The number of likely N-dealkylation sites (N-methyl/N-ethyl adjacent to an activating group) is 1. The Morgan fingerprint density at radius 3 is 2.00 bits per heavy atom. The minimum atomic E-state index is -0.287. The Balaban J connectivity index is 1.69. The van der Waals surface area contributed by atoms with Crippen LogP contribution in [0.15, 0.2) is 54.6 Å². The summed E-state index contributed by atoms with van der Waals surface area (Å²) in [5.74, 6) is 0.0932. The van der Waals surface area contributed by atoms with E-state index in [0.717, 1.165) is 18.7 Å². The van der Waals surface area contributed by atoms with Gasteiger partial charge in [-0.2, -0.15) is 0 Å². The maximum absolute atomic E-state index is 13.4. The molecule has 0 N–H and O–H groups in total. The number of hydrogen-bond acceptors (Lipinski definition) is 3. The lowest BCUT2D eigenvalue weighted by Crippen LogP contribution is -2.53. The molecule has 5 nitrogen and oxygen atoms in total. The van der Waals surface area contributed by atoms with Gasteiger partial charge in [-0.1, -0.05) is 55.8 Å². The summed E-state index contributed by atoms with van der Waals surface area (Å²) in [6.07, 6.45) is 0. The van der Waals surface area contributed by atoms with Crippen LogP contribution in [0.25, 0.3) is 0 Å². The minimum Gasteiger partial charge on any atom is -0.337 e. The normalized spacial score (nSPS) is 15.4. The molecule has 154 valence electrons. The van der Waals surface area contributed by atoms with E-state index in [-0.39, 0.29) is 17.9 Å². The zero-order valence-electron chi connectivity index (χ0n) is 17.1. The van der Waals surface area contributed by atoms with Crippen LogP contribution in [-0.2, 0) is 4.79 Å². The topological polar surface area (TPSA) is 43.9 Å². The molecule has 1 unspecified atom stereocenters. The Labute approximate surface area is 177 Å². The van der Waals surface area contributed by atoms with Crippen LogP contribution in [0.1, 0.15) is 35.8 Å². The molecule has 29 heavy (non-hydrogen) atoms.